The molecule has 1 atom stereocenters. The molecule has 0 radical (unpaired) electrons. The topological polar surface area (TPSA) is 124 Å². The molecule has 0 aliphatic carbocycles. The molecule has 3 aromatic carbocycles. The highest BCUT2D eigenvalue weighted by atomic mass is 32.1. The maximum atomic E-state index is 13.7. The Labute approximate surface area is 258 Å². The Hall–Kier alpha value is -5.16. The van der Waals surface area contributed by atoms with Crippen LogP contribution in [0.2, 0.25) is 0 Å². The molecule has 44 heavy (non-hydrogen) atoms. The van der Waals surface area contributed by atoms with Crippen LogP contribution in [0, 0.1) is 13.8 Å². The fraction of sp³-hybridized carbons (Fsp3) is 0.212. The molecule has 0 unspecified atom stereocenters. The molecule has 1 fully saturated rings. The van der Waals surface area contributed by atoms with Gasteiger partial charge < -0.3 is 24.1 Å². The SMILES string of the molecule is COC(=O)c1sc(N2C(=O)C(=O)/C(=C(/O)c3ccc(OCc4ccccc4)cc3C)[C@H]2c2ccc(OC)c(OC)c2)nc1C. The molecule has 1 aliphatic heterocycles. The number of aryl methyl sites for hydroxylation is 2. The number of esters is 1. The number of thiazole rings is 1. The fourth-order valence-corrected chi connectivity index (χ4v) is 6.02. The molecule has 0 saturated carbocycles. The number of aromatic nitrogens is 1. The average Bonchev–Trinajstić information content (AvgIpc) is 3.55. The summed E-state index contributed by atoms with van der Waals surface area (Å²) in [5.41, 5.74) is 2.63. The number of benzene rings is 3. The molecule has 1 amide bonds. The number of rotatable bonds is 9. The van der Waals surface area contributed by atoms with Crippen molar-refractivity contribution in [1.82, 2.24) is 4.98 Å². The van der Waals surface area contributed by atoms with Crippen molar-refractivity contribution in [3.8, 4) is 17.2 Å². The first-order chi connectivity index (χ1) is 21.2. The molecule has 226 valence electrons. The maximum absolute atomic E-state index is 13.7. The zero-order valence-electron chi connectivity index (χ0n) is 24.7. The largest absolute Gasteiger partial charge is 0.507 e. The molecular formula is C33H30N2O8S. The van der Waals surface area contributed by atoms with Gasteiger partial charge in [0.2, 0.25) is 0 Å². The first-order valence-corrected chi connectivity index (χ1v) is 14.4. The lowest BCUT2D eigenvalue weighted by molar-refractivity contribution is -0.132. The first-order valence-electron chi connectivity index (χ1n) is 13.5. The van der Waals surface area contributed by atoms with Gasteiger partial charge in [-0.15, -0.1) is 0 Å². The van der Waals surface area contributed by atoms with E-state index in [4.69, 9.17) is 18.9 Å². The van der Waals surface area contributed by atoms with E-state index in [0.29, 0.717) is 46.2 Å². The lowest BCUT2D eigenvalue weighted by atomic mass is 9.93. The molecule has 10 nitrogen and oxygen atoms in total. The van der Waals surface area contributed by atoms with E-state index in [1.165, 1.54) is 26.2 Å². The van der Waals surface area contributed by atoms with Gasteiger partial charge in [0.05, 0.1) is 38.6 Å². The van der Waals surface area contributed by atoms with Crippen LogP contribution in [-0.4, -0.2) is 49.1 Å². The highest BCUT2D eigenvalue weighted by Crippen LogP contribution is 2.46. The quantitative estimate of drug-likeness (QED) is 0.108. The second-order valence-electron chi connectivity index (χ2n) is 9.94. The Morgan fingerprint density at radius 1 is 0.955 bits per heavy atom. The van der Waals surface area contributed by atoms with Crippen LogP contribution in [0.25, 0.3) is 5.76 Å². The molecule has 1 aliphatic rings. The number of methoxy groups -OCH3 is 3. The van der Waals surface area contributed by atoms with E-state index in [-0.39, 0.29) is 21.3 Å². The van der Waals surface area contributed by atoms with Crippen LogP contribution in [0.4, 0.5) is 5.13 Å². The van der Waals surface area contributed by atoms with Crippen molar-refractivity contribution >= 4 is 39.9 Å². The molecule has 0 spiro atoms. The number of hydrogen-bond donors (Lipinski definition) is 1. The van der Waals surface area contributed by atoms with Crippen LogP contribution < -0.4 is 19.1 Å². The minimum absolute atomic E-state index is 0.102. The lowest BCUT2D eigenvalue weighted by Crippen LogP contribution is -2.29. The monoisotopic (exact) mass is 614 g/mol. The van der Waals surface area contributed by atoms with Crippen molar-refractivity contribution in [1.29, 1.82) is 0 Å². The number of ketones is 1. The molecule has 1 aromatic heterocycles. The van der Waals surface area contributed by atoms with E-state index in [0.717, 1.165) is 16.9 Å². The highest BCUT2D eigenvalue weighted by molar-refractivity contribution is 7.17. The number of carbonyl (C=O) groups excluding carboxylic acids is 3. The molecule has 1 N–H and O–H groups in total. The summed E-state index contributed by atoms with van der Waals surface area (Å²) in [4.78, 5) is 45.5. The molecular weight excluding hydrogens is 584 g/mol. The normalized spacial score (nSPS) is 15.8. The number of amides is 1. The van der Waals surface area contributed by atoms with E-state index >= 15 is 0 Å². The van der Waals surface area contributed by atoms with Crippen LogP contribution >= 0.6 is 11.3 Å². The summed E-state index contributed by atoms with van der Waals surface area (Å²) in [6.07, 6.45) is 0. The van der Waals surface area contributed by atoms with E-state index in [2.05, 4.69) is 4.98 Å². The Kier molecular flexibility index (Phi) is 8.68. The van der Waals surface area contributed by atoms with Gasteiger partial charge >= 0.3 is 11.9 Å². The third-order valence-corrected chi connectivity index (χ3v) is 8.37. The first kappa shape index (κ1) is 30.3. The Balaban J connectivity index is 1.62. The molecule has 11 heteroatoms. The van der Waals surface area contributed by atoms with Gasteiger partial charge in [0.25, 0.3) is 5.78 Å². The summed E-state index contributed by atoms with van der Waals surface area (Å²) in [5, 5.41) is 11.8. The smallest absolute Gasteiger partial charge is 0.350 e. The van der Waals surface area contributed by atoms with Gasteiger partial charge in [0.1, 0.15) is 23.0 Å². The third kappa shape index (κ3) is 5.61. The maximum Gasteiger partial charge on any atom is 0.350 e. The predicted molar refractivity (Wildman–Crippen MR) is 164 cm³/mol. The van der Waals surface area contributed by atoms with Crippen LogP contribution in [0.15, 0.2) is 72.3 Å². The summed E-state index contributed by atoms with van der Waals surface area (Å²) in [5.74, 6) is -1.41. The van der Waals surface area contributed by atoms with Gasteiger partial charge in [-0.05, 0) is 60.9 Å². The van der Waals surface area contributed by atoms with Crippen molar-refractivity contribution in [3.05, 3.63) is 105 Å². The van der Waals surface area contributed by atoms with Gasteiger partial charge in [0, 0.05) is 5.56 Å². The molecule has 1 saturated heterocycles. The second-order valence-corrected chi connectivity index (χ2v) is 10.9. The van der Waals surface area contributed by atoms with Crippen molar-refractivity contribution in [2.75, 3.05) is 26.2 Å². The van der Waals surface area contributed by atoms with Gasteiger partial charge in [-0.25, -0.2) is 9.78 Å². The number of aliphatic hydroxyl groups is 1. The number of nitrogens with zero attached hydrogens (tertiary/aromatic N) is 2. The number of hydrogen-bond acceptors (Lipinski definition) is 10. The summed E-state index contributed by atoms with van der Waals surface area (Å²) < 4.78 is 21.7. The Morgan fingerprint density at radius 3 is 2.34 bits per heavy atom. The van der Waals surface area contributed by atoms with E-state index in [1.807, 2.05) is 30.3 Å². The van der Waals surface area contributed by atoms with Crippen molar-refractivity contribution in [2.45, 2.75) is 26.5 Å². The van der Waals surface area contributed by atoms with Crippen LogP contribution in [0.1, 0.15) is 43.7 Å². The van der Waals surface area contributed by atoms with Crippen LogP contribution in [0.3, 0.4) is 0 Å². The minimum atomic E-state index is -1.10. The average molecular weight is 615 g/mol. The van der Waals surface area contributed by atoms with E-state index in [1.54, 1.807) is 50.2 Å². The lowest BCUT2D eigenvalue weighted by Gasteiger charge is -2.24. The highest BCUT2D eigenvalue weighted by Gasteiger charge is 2.48. The molecule has 4 aromatic rings. The standard InChI is InChI=1S/C33H30N2O8S/c1-18-15-22(43-17-20-9-7-6-8-10-20)12-13-23(18)28(36)26-27(21-11-14-24(40-3)25(16-21)41-4)35(31(38)29(26)37)33-34-19(2)30(44-33)32(39)42-5/h6-16,27,36H,17H2,1-5H3/b28-26+/t27-/m1/s1. The van der Waals surface area contributed by atoms with Crippen molar-refractivity contribution < 1.29 is 38.4 Å². The predicted octanol–water partition coefficient (Wildman–Crippen LogP) is 5.77. The summed E-state index contributed by atoms with van der Waals surface area (Å²) in [7, 11) is 4.21. The van der Waals surface area contributed by atoms with Crippen molar-refractivity contribution in [3.63, 3.8) is 0 Å². The van der Waals surface area contributed by atoms with E-state index < -0.39 is 23.7 Å². The van der Waals surface area contributed by atoms with E-state index in [9.17, 15) is 19.5 Å². The number of aliphatic hydroxyl groups excluding tert-OH is 1. The van der Waals surface area contributed by atoms with Gasteiger partial charge in [-0.3, -0.25) is 14.5 Å². The Morgan fingerprint density at radius 2 is 1.68 bits per heavy atom. The van der Waals surface area contributed by atoms with Crippen molar-refractivity contribution in [2.24, 2.45) is 0 Å². The second kappa shape index (κ2) is 12.6. The summed E-state index contributed by atoms with van der Waals surface area (Å²) in [6, 6.07) is 18.6. The number of ether oxygens (including phenoxy) is 4. The fourth-order valence-electron chi connectivity index (χ4n) is 5.01. The zero-order valence-corrected chi connectivity index (χ0v) is 25.6. The van der Waals surface area contributed by atoms with Crippen LogP contribution in [0.5, 0.6) is 17.2 Å². The molecule has 2 heterocycles. The number of carbonyl (C=O) groups is 3. The summed E-state index contributed by atoms with van der Waals surface area (Å²) in [6.45, 7) is 3.74. The van der Waals surface area contributed by atoms with Gasteiger partial charge in [0.15, 0.2) is 16.6 Å². The zero-order chi connectivity index (χ0) is 31.5. The van der Waals surface area contributed by atoms with Crippen LogP contribution in [-0.2, 0) is 20.9 Å². The third-order valence-electron chi connectivity index (χ3n) is 7.23. The van der Waals surface area contributed by atoms with Gasteiger partial charge in [-0.2, -0.15) is 0 Å². The number of Topliss-reactive ketones (excluding diaryl/α,β-unsaturated/α-hetero) is 1. The Bertz CT molecular complexity index is 1780. The summed E-state index contributed by atoms with van der Waals surface area (Å²) >= 11 is 0.920. The minimum Gasteiger partial charge on any atom is -0.507 e. The molecule has 0 bridgehead atoms. The number of anilines is 1. The van der Waals surface area contributed by atoms with Gasteiger partial charge in [-0.1, -0.05) is 47.7 Å². The molecule has 5 rings (SSSR count).